The Hall–Kier alpha value is -0.710. The first-order valence-electron chi connectivity index (χ1n) is 5.62. The van der Waals surface area contributed by atoms with Crippen LogP contribution in [0.3, 0.4) is 0 Å². The lowest BCUT2D eigenvalue weighted by Gasteiger charge is -2.27. The van der Waals surface area contributed by atoms with Crippen LogP contribution in [0.2, 0.25) is 0 Å². The van der Waals surface area contributed by atoms with Gasteiger partial charge >= 0.3 is 0 Å². The van der Waals surface area contributed by atoms with E-state index in [1.54, 1.807) is 6.26 Å². The summed E-state index contributed by atoms with van der Waals surface area (Å²) in [6.07, 6.45) is 1.75. The van der Waals surface area contributed by atoms with Crippen molar-refractivity contribution in [2.24, 2.45) is 0 Å². The third-order valence-corrected chi connectivity index (χ3v) is 3.90. The number of hydrogen-bond acceptors (Lipinski definition) is 3. The molecule has 1 fully saturated rings. The molecule has 1 aromatic rings. The van der Waals surface area contributed by atoms with Gasteiger partial charge in [-0.15, -0.1) is 0 Å². The average molecular weight is 238 g/mol. The Balaban J connectivity index is 2.10. The van der Waals surface area contributed by atoms with Gasteiger partial charge in [-0.05, 0) is 11.6 Å². The normalized spacial score (nSPS) is 19.6. The Labute approximate surface area is 99.3 Å². The maximum atomic E-state index is 11.6. The van der Waals surface area contributed by atoms with E-state index in [0.717, 1.165) is 37.6 Å². The van der Waals surface area contributed by atoms with Crippen molar-refractivity contribution in [3.8, 4) is 0 Å². The molecule has 0 aliphatic carbocycles. The summed E-state index contributed by atoms with van der Waals surface area (Å²) in [6, 6.07) is 8.03. The molecule has 3 nitrogen and oxygen atoms in total. The molecule has 0 saturated carbocycles. The number of hydrogen-bond donors (Lipinski definition) is 1. The highest BCUT2D eigenvalue weighted by molar-refractivity contribution is 7.84. The summed E-state index contributed by atoms with van der Waals surface area (Å²) in [7, 11) is -0.887. The molecule has 0 spiro atoms. The van der Waals surface area contributed by atoms with Crippen molar-refractivity contribution in [2.45, 2.75) is 11.4 Å². The van der Waals surface area contributed by atoms with E-state index in [4.69, 9.17) is 0 Å². The Morgan fingerprint density at radius 2 is 2.00 bits per heavy atom. The first-order valence-corrected chi connectivity index (χ1v) is 7.17. The molecule has 0 amide bonds. The quantitative estimate of drug-likeness (QED) is 0.846. The Morgan fingerprint density at radius 1 is 1.31 bits per heavy atom. The summed E-state index contributed by atoms with van der Waals surface area (Å²) in [6.45, 7) is 5.17. The molecule has 1 atom stereocenters. The van der Waals surface area contributed by atoms with Gasteiger partial charge in [0, 0.05) is 43.9 Å². The predicted molar refractivity (Wildman–Crippen MR) is 66.9 cm³/mol. The second-order valence-corrected chi connectivity index (χ2v) is 5.44. The van der Waals surface area contributed by atoms with Gasteiger partial charge in [0.05, 0.1) is 10.8 Å². The van der Waals surface area contributed by atoms with E-state index >= 15 is 0 Å². The van der Waals surface area contributed by atoms with Crippen molar-refractivity contribution in [1.29, 1.82) is 0 Å². The molecular weight excluding hydrogens is 220 g/mol. The highest BCUT2D eigenvalue weighted by atomic mass is 32.2. The molecule has 16 heavy (non-hydrogen) atoms. The lowest BCUT2D eigenvalue weighted by Crippen LogP contribution is -2.43. The highest BCUT2D eigenvalue weighted by Crippen LogP contribution is 2.15. The van der Waals surface area contributed by atoms with E-state index in [9.17, 15) is 4.21 Å². The third-order valence-electron chi connectivity index (χ3n) is 2.89. The third kappa shape index (κ3) is 2.90. The zero-order valence-corrected chi connectivity index (χ0v) is 10.4. The van der Waals surface area contributed by atoms with E-state index in [2.05, 4.69) is 16.3 Å². The number of nitrogens with one attached hydrogen (secondary N) is 1. The molecule has 0 bridgehead atoms. The zero-order valence-electron chi connectivity index (χ0n) is 9.61. The van der Waals surface area contributed by atoms with Crippen molar-refractivity contribution in [3.05, 3.63) is 29.8 Å². The maximum absolute atomic E-state index is 11.6. The van der Waals surface area contributed by atoms with Crippen molar-refractivity contribution >= 4 is 10.8 Å². The van der Waals surface area contributed by atoms with E-state index < -0.39 is 10.8 Å². The maximum Gasteiger partial charge on any atom is 0.0501 e. The Bertz CT molecular complexity index is 375. The van der Waals surface area contributed by atoms with E-state index in [1.807, 2.05) is 18.2 Å². The van der Waals surface area contributed by atoms with E-state index in [1.165, 1.54) is 5.56 Å². The van der Waals surface area contributed by atoms with E-state index in [-0.39, 0.29) is 0 Å². The fourth-order valence-electron chi connectivity index (χ4n) is 2.03. The summed E-state index contributed by atoms with van der Waals surface area (Å²) in [5.74, 6) is 0. The lowest BCUT2D eigenvalue weighted by atomic mass is 10.2. The molecule has 0 aromatic heterocycles. The van der Waals surface area contributed by atoms with Crippen LogP contribution in [0.15, 0.2) is 29.2 Å². The minimum atomic E-state index is -0.887. The minimum Gasteiger partial charge on any atom is -0.314 e. The second kappa shape index (κ2) is 5.57. The van der Waals surface area contributed by atoms with Gasteiger partial charge in [-0.3, -0.25) is 9.11 Å². The molecule has 1 aromatic carbocycles. The number of nitrogens with zero attached hydrogens (tertiary/aromatic N) is 1. The van der Waals surface area contributed by atoms with Crippen molar-refractivity contribution in [3.63, 3.8) is 0 Å². The van der Waals surface area contributed by atoms with Crippen LogP contribution in [0.25, 0.3) is 0 Å². The monoisotopic (exact) mass is 238 g/mol. The molecule has 88 valence electrons. The fourth-order valence-corrected chi connectivity index (χ4v) is 2.80. The summed E-state index contributed by atoms with van der Waals surface area (Å²) < 4.78 is 11.6. The van der Waals surface area contributed by atoms with Gasteiger partial charge < -0.3 is 5.32 Å². The molecule has 1 unspecified atom stereocenters. The van der Waals surface area contributed by atoms with Gasteiger partial charge in [-0.1, -0.05) is 18.2 Å². The van der Waals surface area contributed by atoms with Gasteiger partial charge in [-0.2, -0.15) is 0 Å². The van der Waals surface area contributed by atoms with Crippen LogP contribution in [0, 0.1) is 0 Å². The van der Waals surface area contributed by atoms with Gasteiger partial charge in [0.15, 0.2) is 0 Å². The van der Waals surface area contributed by atoms with E-state index in [0.29, 0.717) is 0 Å². The van der Waals surface area contributed by atoms with Gasteiger partial charge in [0.1, 0.15) is 0 Å². The average Bonchev–Trinajstić information content (AvgIpc) is 2.31. The predicted octanol–water partition coefficient (Wildman–Crippen LogP) is 0.829. The van der Waals surface area contributed by atoms with Crippen molar-refractivity contribution in [1.82, 2.24) is 10.2 Å². The van der Waals surface area contributed by atoms with Crippen LogP contribution in [0.1, 0.15) is 5.56 Å². The largest absolute Gasteiger partial charge is 0.314 e. The summed E-state index contributed by atoms with van der Waals surface area (Å²) in [5.41, 5.74) is 1.20. The molecule has 0 radical (unpaired) electrons. The van der Waals surface area contributed by atoms with Gasteiger partial charge in [0.25, 0.3) is 0 Å². The Morgan fingerprint density at radius 3 is 2.69 bits per heavy atom. The van der Waals surface area contributed by atoms with Crippen molar-refractivity contribution < 1.29 is 4.21 Å². The second-order valence-electron chi connectivity index (χ2n) is 4.09. The van der Waals surface area contributed by atoms with Crippen LogP contribution in [0.4, 0.5) is 0 Å². The highest BCUT2D eigenvalue weighted by Gasteiger charge is 2.12. The number of rotatable bonds is 3. The molecule has 1 N–H and O–H groups in total. The Kier molecular flexibility index (Phi) is 4.09. The number of benzene rings is 1. The number of piperazine rings is 1. The molecule has 2 rings (SSSR count). The minimum absolute atomic E-state index is 0.887. The van der Waals surface area contributed by atoms with Gasteiger partial charge in [0.2, 0.25) is 0 Å². The molecule has 4 heteroatoms. The van der Waals surface area contributed by atoms with Crippen LogP contribution in [-0.2, 0) is 17.3 Å². The summed E-state index contributed by atoms with van der Waals surface area (Å²) in [5, 5.41) is 3.34. The molecular formula is C12H18N2OS. The standard InChI is InChI=1S/C12H18N2OS/c1-16(15)12-5-3-2-4-11(12)10-14-8-6-13-7-9-14/h2-5,13H,6-10H2,1H3. The molecule has 1 aliphatic heterocycles. The molecule has 1 heterocycles. The SMILES string of the molecule is CS(=O)c1ccccc1CN1CCNCC1. The van der Waals surface area contributed by atoms with Crippen LogP contribution >= 0.6 is 0 Å². The van der Waals surface area contributed by atoms with Crippen LogP contribution in [0.5, 0.6) is 0 Å². The fraction of sp³-hybridized carbons (Fsp3) is 0.500. The summed E-state index contributed by atoms with van der Waals surface area (Å²) in [4.78, 5) is 3.38. The molecule has 1 saturated heterocycles. The van der Waals surface area contributed by atoms with Gasteiger partial charge in [-0.25, -0.2) is 0 Å². The lowest BCUT2D eigenvalue weighted by molar-refractivity contribution is 0.231. The molecule has 1 aliphatic rings. The van der Waals surface area contributed by atoms with Crippen LogP contribution in [-0.4, -0.2) is 41.5 Å². The topological polar surface area (TPSA) is 32.3 Å². The van der Waals surface area contributed by atoms with Crippen LogP contribution < -0.4 is 5.32 Å². The smallest absolute Gasteiger partial charge is 0.0501 e. The first kappa shape index (κ1) is 11.8. The summed E-state index contributed by atoms with van der Waals surface area (Å²) >= 11 is 0. The van der Waals surface area contributed by atoms with Crippen molar-refractivity contribution in [2.75, 3.05) is 32.4 Å². The first-order chi connectivity index (χ1) is 7.77. The zero-order chi connectivity index (χ0) is 11.4.